The van der Waals surface area contributed by atoms with E-state index >= 15 is 0 Å². The van der Waals surface area contributed by atoms with Gasteiger partial charge in [-0.15, -0.1) is 11.3 Å². The number of carbonyl (C=O) groups excluding carboxylic acids is 2. The van der Waals surface area contributed by atoms with Crippen molar-refractivity contribution in [1.82, 2.24) is 4.98 Å². The van der Waals surface area contributed by atoms with Gasteiger partial charge in [-0.1, -0.05) is 17.4 Å². The third-order valence-electron chi connectivity index (χ3n) is 3.77. The molecule has 3 aromatic rings. The monoisotopic (exact) mass is 401 g/mol. The zero-order chi connectivity index (χ0) is 18.8. The smallest absolute Gasteiger partial charge is 0.267 e. The highest BCUT2D eigenvalue weighted by molar-refractivity contribution is 7.18. The molecule has 138 valence electrons. The van der Waals surface area contributed by atoms with Gasteiger partial charge in [-0.3, -0.25) is 14.9 Å². The van der Waals surface area contributed by atoms with E-state index in [0.717, 1.165) is 11.3 Å². The van der Waals surface area contributed by atoms with Crippen molar-refractivity contribution in [1.29, 1.82) is 0 Å². The number of nitrogens with zero attached hydrogens (tertiary/aromatic N) is 1. The van der Waals surface area contributed by atoms with Gasteiger partial charge in [0.1, 0.15) is 18.1 Å². The summed E-state index contributed by atoms with van der Waals surface area (Å²) < 4.78 is 11.0. The lowest BCUT2D eigenvalue weighted by molar-refractivity contribution is 0.102. The lowest BCUT2D eigenvalue weighted by atomic mass is 10.2. The summed E-state index contributed by atoms with van der Waals surface area (Å²) in [4.78, 5) is 30.0. The Hall–Kier alpha value is -2.91. The van der Waals surface area contributed by atoms with Crippen molar-refractivity contribution in [3.05, 3.63) is 51.2 Å². The van der Waals surface area contributed by atoms with Crippen LogP contribution in [0.2, 0.25) is 0 Å². The first-order valence-corrected chi connectivity index (χ1v) is 9.83. The lowest BCUT2D eigenvalue weighted by Gasteiger charge is -2.18. The van der Waals surface area contributed by atoms with Crippen LogP contribution in [0.4, 0.5) is 10.8 Å². The number of hydrogen-bond donors (Lipinski definition) is 2. The fourth-order valence-corrected chi connectivity index (χ4v) is 4.01. The third kappa shape index (κ3) is 3.79. The number of ether oxygens (including phenoxy) is 2. The summed E-state index contributed by atoms with van der Waals surface area (Å²) in [5.74, 6) is 0.728. The van der Waals surface area contributed by atoms with Crippen LogP contribution in [-0.4, -0.2) is 30.0 Å². The van der Waals surface area contributed by atoms with Crippen LogP contribution in [0.1, 0.15) is 25.0 Å². The van der Waals surface area contributed by atoms with E-state index in [0.29, 0.717) is 51.0 Å². The molecule has 9 heteroatoms. The number of carbonyl (C=O) groups is 2. The number of aryl methyl sites for hydroxylation is 1. The zero-order valence-electron chi connectivity index (χ0n) is 14.3. The SMILES string of the molecule is Cc1nc(NC(=O)c2cccs2)sc1C(=O)Nc1ccc2c(c1)OCCO2. The van der Waals surface area contributed by atoms with E-state index in [1.165, 1.54) is 11.3 Å². The van der Waals surface area contributed by atoms with Gasteiger partial charge in [0.05, 0.1) is 10.6 Å². The molecule has 0 saturated carbocycles. The zero-order valence-corrected chi connectivity index (χ0v) is 15.9. The molecular formula is C18H15N3O4S2. The minimum atomic E-state index is -0.293. The molecule has 0 spiro atoms. The van der Waals surface area contributed by atoms with Crippen LogP contribution in [-0.2, 0) is 0 Å². The molecule has 0 fully saturated rings. The Labute approximate surface area is 163 Å². The van der Waals surface area contributed by atoms with Crippen molar-refractivity contribution in [2.24, 2.45) is 0 Å². The molecule has 27 heavy (non-hydrogen) atoms. The van der Waals surface area contributed by atoms with Gasteiger partial charge in [0.15, 0.2) is 16.6 Å². The van der Waals surface area contributed by atoms with Gasteiger partial charge < -0.3 is 14.8 Å². The molecule has 7 nitrogen and oxygen atoms in total. The summed E-state index contributed by atoms with van der Waals surface area (Å²) in [6.45, 7) is 2.72. The van der Waals surface area contributed by atoms with E-state index in [-0.39, 0.29) is 11.8 Å². The fourth-order valence-electron chi connectivity index (χ4n) is 2.54. The summed E-state index contributed by atoms with van der Waals surface area (Å²) in [6.07, 6.45) is 0. The predicted molar refractivity (Wildman–Crippen MR) is 105 cm³/mol. The quantitative estimate of drug-likeness (QED) is 0.694. The van der Waals surface area contributed by atoms with Crippen LogP contribution in [0.15, 0.2) is 35.7 Å². The molecule has 0 aliphatic carbocycles. The maximum Gasteiger partial charge on any atom is 0.267 e. The molecular weight excluding hydrogens is 386 g/mol. The molecule has 0 bridgehead atoms. The first-order valence-electron chi connectivity index (χ1n) is 8.13. The fraction of sp³-hybridized carbons (Fsp3) is 0.167. The lowest BCUT2D eigenvalue weighted by Crippen LogP contribution is -2.16. The third-order valence-corrected chi connectivity index (χ3v) is 5.71. The molecule has 1 aliphatic rings. The highest BCUT2D eigenvalue weighted by Crippen LogP contribution is 2.33. The number of aromatic nitrogens is 1. The van der Waals surface area contributed by atoms with Crippen molar-refractivity contribution in [2.45, 2.75) is 6.92 Å². The molecule has 2 N–H and O–H groups in total. The molecule has 2 aromatic heterocycles. The summed E-state index contributed by atoms with van der Waals surface area (Å²) >= 11 is 2.48. The van der Waals surface area contributed by atoms with Crippen molar-refractivity contribution < 1.29 is 19.1 Å². The Morgan fingerprint density at radius 2 is 1.89 bits per heavy atom. The number of fused-ring (bicyclic) bond motifs is 1. The van der Waals surface area contributed by atoms with Gasteiger partial charge in [0, 0.05) is 11.8 Å². The summed E-state index contributed by atoms with van der Waals surface area (Å²) in [5.41, 5.74) is 1.15. The van der Waals surface area contributed by atoms with Gasteiger partial charge in [-0.25, -0.2) is 4.98 Å². The second-order valence-corrected chi connectivity index (χ2v) is 7.62. The van der Waals surface area contributed by atoms with Gasteiger partial charge in [-0.2, -0.15) is 0 Å². The van der Waals surface area contributed by atoms with Crippen molar-refractivity contribution >= 4 is 45.3 Å². The Kier molecular flexibility index (Phi) is 4.78. The van der Waals surface area contributed by atoms with Crippen LogP contribution in [0.5, 0.6) is 11.5 Å². The number of nitrogens with one attached hydrogen (secondary N) is 2. The van der Waals surface area contributed by atoms with Crippen molar-refractivity contribution in [3.63, 3.8) is 0 Å². The normalized spacial score (nSPS) is 12.5. The van der Waals surface area contributed by atoms with Crippen LogP contribution >= 0.6 is 22.7 Å². The number of rotatable bonds is 4. The number of thiophene rings is 1. The summed E-state index contributed by atoms with van der Waals surface area (Å²) in [5, 5.41) is 7.77. The second kappa shape index (κ2) is 7.37. The topological polar surface area (TPSA) is 89.6 Å². The number of thiazole rings is 1. The Bertz CT molecular complexity index is 998. The van der Waals surface area contributed by atoms with Crippen LogP contribution in [0.25, 0.3) is 0 Å². The largest absolute Gasteiger partial charge is 0.486 e. The Morgan fingerprint density at radius 3 is 2.67 bits per heavy atom. The van der Waals surface area contributed by atoms with E-state index < -0.39 is 0 Å². The predicted octanol–water partition coefficient (Wildman–Crippen LogP) is 3.79. The van der Waals surface area contributed by atoms with Crippen LogP contribution in [0, 0.1) is 6.92 Å². The first-order chi connectivity index (χ1) is 13.1. The molecule has 0 saturated heterocycles. The standard InChI is InChI=1S/C18H15N3O4S2/c1-10-15(27-18(19-10)21-16(22)14-3-2-8-26-14)17(23)20-11-4-5-12-13(9-11)25-7-6-24-12/h2-5,8-9H,6-7H2,1H3,(H,20,23)(H,19,21,22). The van der Waals surface area contributed by atoms with Crippen LogP contribution in [0.3, 0.4) is 0 Å². The van der Waals surface area contributed by atoms with E-state index in [1.54, 1.807) is 37.3 Å². The van der Waals surface area contributed by atoms with Crippen molar-refractivity contribution in [2.75, 3.05) is 23.8 Å². The van der Waals surface area contributed by atoms with Gasteiger partial charge in [0.25, 0.3) is 11.8 Å². The molecule has 4 rings (SSSR count). The van der Waals surface area contributed by atoms with E-state index in [9.17, 15) is 9.59 Å². The first kappa shape index (κ1) is 17.5. The van der Waals surface area contributed by atoms with E-state index in [4.69, 9.17) is 9.47 Å². The van der Waals surface area contributed by atoms with Crippen LogP contribution < -0.4 is 20.1 Å². The average Bonchev–Trinajstić information content (AvgIpc) is 3.31. The number of amides is 2. The molecule has 1 aromatic carbocycles. The maximum atomic E-state index is 12.6. The highest BCUT2D eigenvalue weighted by atomic mass is 32.1. The molecule has 2 amide bonds. The van der Waals surface area contributed by atoms with Crippen molar-refractivity contribution in [3.8, 4) is 11.5 Å². The summed E-state index contributed by atoms with van der Waals surface area (Å²) in [7, 11) is 0. The van der Waals surface area contributed by atoms with E-state index in [1.807, 2.05) is 5.38 Å². The maximum absolute atomic E-state index is 12.6. The Balaban J connectivity index is 1.47. The number of anilines is 2. The van der Waals surface area contributed by atoms with Gasteiger partial charge in [0.2, 0.25) is 0 Å². The molecule has 3 heterocycles. The molecule has 0 unspecified atom stereocenters. The second-order valence-electron chi connectivity index (χ2n) is 5.68. The molecule has 0 radical (unpaired) electrons. The number of benzene rings is 1. The van der Waals surface area contributed by atoms with Gasteiger partial charge in [-0.05, 0) is 30.5 Å². The van der Waals surface area contributed by atoms with E-state index in [2.05, 4.69) is 15.6 Å². The number of hydrogen-bond acceptors (Lipinski definition) is 7. The molecule has 1 aliphatic heterocycles. The average molecular weight is 401 g/mol. The van der Waals surface area contributed by atoms with Gasteiger partial charge >= 0.3 is 0 Å². The highest BCUT2D eigenvalue weighted by Gasteiger charge is 2.19. The Morgan fingerprint density at radius 1 is 1.07 bits per heavy atom. The summed E-state index contributed by atoms with van der Waals surface area (Å²) in [6, 6.07) is 8.77. The minimum absolute atomic E-state index is 0.238. The molecule has 0 atom stereocenters. The minimum Gasteiger partial charge on any atom is -0.486 e.